The largest absolute Gasteiger partial charge is 0.469 e. The van der Waals surface area contributed by atoms with Gasteiger partial charge < -0.3 is 61.9 Å². The van der Waals surface area contributed by atoms with Crippen LogP contribution >= 0.6 is 0 Å². The van der Waals surface area contributed by atoms with Crippen molar-refractivity contribution < 1.29 is 61.9 Å². The van der Waals surface area contributed by atoms with Crippen LogP contribution in [-0.2, 0) is 31.3 Å². The Kier molecular flexibility index (Phi) is 13.8. The molecule has 0 amide bonds. The maximum absolute atomic E-state index is 10.8. The summed E-state index contributed by atoms with van der Waals surface area (Å²) in [5.41, 5.74) is 0. The molecule has 9 atom stereocenters. The lowest BCUT2D eigenvalue weighted by Gasteiger charge is -2.45. The van der Waals surface area contributed by atoms with Crippen LogP contribution in [0.5, 0.6) is 0 Å². The molecule has 0 spiro atoms. The van der Waals surface area contributed by atoms with Crippen LogP contribution < -0.4 is 0 Å². The number of hydrogen-bond acceptors (Lipinski definition) is 13. The molecule has 0 saturated carbocycles. The highest BCUT2D eigenvalue weighted by atomic mass is 28.5. The topological polar surface area (TPSA) is 186 Å². The normalized spacial score (nSPS) is 34.2. The third kappa shape index (κ3) is 12.0. The minimum absolute atomic E-state index is 0.140. The van der Waals surface area contributed by atoms with Gasteiger partial charge in [0.05, 0.1) is 19.3 Å². The minimum atomic E-state index is -3.07. The van der Waals surface area contributed by atoms with Crippen molar-refractivity contribution in [3.8, 4) is 0 Å². The first-order valence-electron chi connectivity index (χ1n) is 14.3. The third-order valence-electron chi connectivity index (χ3n) is 6.14. The predicted octanol–water partition coefficient (Wildman–Crippen LogP) is 0.540. The quantitative estimate of drug-likeness (QED) is 0.106. The monoisotopic (exact) mass is 662 g/mol. The molecule has 2 saturated heterocycles. The van der Waals surface area contributed by atoms with Crippen LogP contribution in [0.2, 0.25) is 65.0 Å². The molecule has 2 aliphatic heterocycles. The Morgan fingerprint density at radius 2 is 1.20 bits per heavy atom. The van der Waals surface area contributed by atoms with Crippen LogP contribution in [0.1, 0.15) is 12.8 Å². The van der Waals surface area contributed by atoms with Crippen molar-refractivity contribution in [1.82, 2.24) is 0 Å². The van der Waals surface area contributed by atoms with Crippen LogP contribution in [-0.4, -0.2) is 140 Å². The lowest BCUT2D eigenvalue weighted by Crippen LogP contribution is -2.62. The van der Waals surface area contributed by atoms with E-state index in [9.17, 15) is 30.6 Å². The summed E-state index contributed by atoms with van der Waals surface area (Å²) in [6.07, 6.45) is -10.9. The van der Waals surface area contributed by atoms with Crippen LogP contribution in [0.4, 0.5) is 0 Å². The summed E-state index contributed by atoms with van der Waals surface area (Å²) in [6, 6.07) is 0.519. The van der Waals surface area contributed by atoms with Gasteiger partial charge in [0.15, 0.2) is 37.5 Å². The fraction of sp³-hybridized carbons (Fsp3) is 1.00. The summed E-state index contributed by atoms with van der Waals surface area (Å²) < 4.78 is 42.8. The van der Waals surface area contributed by atoms with Crippen LogP contribution in [0.15, 0.2) is 0 Å². The first-order chi connectivity index (χ1) is 18.7. The number of aliphatic hydroxyl groups is 6. The zero-order valence-corrected chi connectivity index (χ0v) is 30.0. The number of hydrogen-bond donors (Lipinski definition) is 6. The van der Waals surface area contributed by atoms with E-state index in [2.05, 4.69) is 58.9 Å². The Labute approximate surface area is 248 Å². The maximum Gasteiger partial charge on any atom is 0.469 e. The smallest absolute Gasteiger partial charge is 0.417 e. The van der Waals surface area contributed by atoms with Gasteiger partial charge in [-0.2, -0.15) is 0 Å². The first kappa shape index (κ1) is 37.5. The first-order valence-corrected chi connectivity index (χ1v) is 26.5. The molecule has 0 aliphatic carbocycles. The highest BCUT2D eigenvalue weighted by molar-refractivity contribution is 6.90. The summed E-state index contributed by atoms with van der Waals surface area (Å²) in [5, 5.41) is 61.0. The molecule has 13 nitrogen and oxygen atoms in total. The zero-order valence-electron chi connectivity index (χ0n) is 26.0. The van der Waals surface area contributed by atoms with Gasteiger partial charge in [0.2, 0.25) is 0 Å². The Bertz CT molecular complexity index is 748. The molecular formula is C24H54O13Si4. The molecule has 0 aromatic carbocycles. The van der Waals surface area contributed by atoms with Gasteiger partial charge in [-0.1, -0.05) is 0 Å². The second kappa shape index (κ2) is 15.1. The molecule has 17 heteroatoms. The van der Waals surface area contributed by atoms with E-state index in [1.54, 1.807) is 0 Å². The highest BCUT2D eigenvalue weighted by Crippen LogP contribution is 2.32. The van der Waals surface area contributed by atoms with Gasteiger partial charge in [-0.15, -0.1) is 0 Å². The third-order valence-corrected chi connectivity index (χ3v) is 18.2. The summed E-state index contributed by atoms with van der Waals surface area (Å²) in [4.78, 5) is 0. The van der Waals surface area contributed by atoms with Gasteiger partial charge in [-0.3, -0.25) is 0 Å². The number of ether oxygens (including phenoxy) is 4. The molecule has 244 valence electrons. The average molecular weight is 663 g/mol. The molecule has 2 rings (SSSR count). The molecule has 41 heavy (non-hydrogen) atoms. The van der Waals surface area contributed by atoms with Gasteiger partial charge in [0.1, 0.15) is 36.6 Å². The summed E-state index contributed by atoms with van der Waals surface area (Å²) in [7, 11) is -9.19. The molecule has 6 N–H and O–H groups in total. The second-order valence-electron chi connectivity index (χ2n) is 13.7. The van der Waals surface area contributed by atoms with Crippen molar-refractivity contribution in [2.45, 2.75) is 133 Å². The second-order valence-corrected chi connectivity index (χ2v) is 30.7. The standard InChI is InChI=1S/C24H54O13Si4/c1-38(2,3)35-41(36-39(4,5)6,37-40(7,8)9)12-10-11-31-24-22(30)21(29)23(18(15-26)33-24)34-19-13-16(27)20(28)17(14-25)32-19/h16-30H,10-15H2,1-9H3. The predicted molar refractivity (Wildman–Crippen MR) is 159 cm³/mol. The Morgan fingerprint density at radius 3 is 1.66 bits per heavy atom. The molecule has 9 unspecified atom stereocenters. The Morgan fingerprint density at radius 1 is 0.683 bits per heavy atom. The van der Waals surface area contributed by atoms with Crippen LogP contribution in [0.3, 0.4) is 0 Å². The molecule has 0 aromatic rings. The SMILES string of the molecule is C[Si](C)(C)O[Si](CCCOC1OC(CO)C(OC2CC(O)C(O)C(CO)O2)C(O)C1O)(O[Si](C)(C)C)O[Si](C)(C)C. The fourth-order valence-corrected chi connectivity index (χ4v) is 19.4. The van der Waals surface area contributed by atoms with Gasteiger partial charge in [-0.25, -0.2) is 0 Å². The Hall–Kier alpha value is 0.348. The summed E-state index contributed by atoms with van der Waals surface area (Å²) >= 11 is 0. The van der Waals surface area contributed by atoms with Gasteiger partial charge >= 0.3 is 8.80 Å². The maximum atomic E-state index is 10.8. The number of rotatable bonds is 15. The van der Waals surface area contributed by atoms with Crippen molar-refractivity contribution in [3.63, 3.8) is 0 Å². The van der Waals surface area contributed by atoms with E-state index < -0.39 is 102 Å². The Balaban J connectivity index is 2.05. The molecular weight excluding hydrogens is 609 g/mol. The van der Waals surface area contributed by atoms with Gasteiger partial charge in [0.25, 0.3) is 0 Å². The fourth-order valence-electron chi connectivity index (χ4n) is 4.79. The van der Waals surface area contributed by atoms with Crippen molar-refractivity contribution in [1.29, 1.82) is 0 Å². The van der Waals surface area contributed by atoms with Crippen molar-refractivity contribution in [3.05, 3.63) is 0 Å². The van der Waals surface area contributed by atoms with E-state index in [0.717, 1.165) is 0 Å². The summed E-state index contributed by atoms with van der Waals surface area (Å²) in [5.74, 6) is 0. The molecule has 0 radical (unpaired) electrons. The van der Waals surface area contributed by atoms with Crippen molar-refractivity contribution >= 4 is 33.8 Å². The van der Waals surface area contributed by atoms with E-state index in [1.165, 1.54) is 0 Å². The summed E-state index contributed by atoms with van der Waals surface area (Å²) in [6.45, 7) is 18.0. The van der Waals surface area contributed by atoms with Gasteiger partial charge in [-0.05, 0) is 65.3 Å². The van der Waals surface area contributed by atoms with E-state index in [4.69, 9.17) is 31.3 Å². The van der Waals surface area contributed by atoms with E-state index in [0.29, 0.717) is 12.5 Å². The van der Waals surface area contributed by atoms with Crippen LogP contribution in [0, 0.1) is 0 Å². The van der Waals surface area contributed by atoms with E-state index in [-0.39, 0.29) is 13.0 Å². The molecule has 2 aliphatic rings. The molecule has 2 heterocycles. The lowest BCUT2D eigenvalue weighted by molar-refractivity contribution is -0.342. The molecule has 0 aromatic heterocycles. The van der Waals surface area contributed by atoms with E-state index in [1.807, 2.05) is 0 Å². The molecule has 2 fully saturated rings. The average Bonchev–Trinajstić information content (AvgIpc) is 2.79. The van der Waals surface area contributed by atoms with Crippen molar-refractivity contribution in [2.75, 3.05) is 19.8 Å². The zero-order chi connectivity index (χ0) is 31.4. The lowest BCUT2D eigenvalue weighted by atomic mass is 9.98. The molecule has 0 bridgehead atoms. The van der Waals surface area contributed by atoms with Crippen LogP contribution in [0.25, 0.3) is 0 Å². The number of aliphatic hydroxyl groups excluding tert-OH is 6. The van der Waals surface area contributed by atoms with Crippen molar-refractivity contribution in [2.24, 2.45) is 0 Å². The minimum Gasteiger partial charge on any atom is -0.417 e. The van der Waals surface area contributed by atoms with E-state index >= 15 is 0 Å². The highest BCUT2D eigenvalue weighted by Gasteiger charge is 2.51. The van der Waals surface area contributed by atoms with Gasteiger partial charge in [0, 0.05) is 19.1 Å².